The molecule has 0 N–H and O–H groups in total. The van der Waals surface area contributed by atoms with E-state index in [0.717, 1.165) is 39.3 Å². The smallest absolute Gasteiger partial charge is 0.0826 e. The molecule has 6 heteroatoms. The molecule has 0 aliphatic carbocycles. The fourth-order valence-electron chi connectivity index (χ4n) is 1.40. The molecule has 1 radical (unpaired) electrons. The van der Waals surface area contributed by atoms with Gasteiger partial charge in [0.2, 0.25) is 0 Å². The maximum atomic E-state index is 5.02. The van der Waals surface area contributed by atoms with E-state index in [0.29, 0.717) is 12.2 Å². The van der Waals surface area contributed by atoms with Gasteiger partial charge in [-0.1, -0.05) is 0 Å². The molecular formula is C12H26O4UY-2. The Morgan fingerprint density at radius 2 is 1.17 bits per heavy atom. The molecule has 107 valence electrons. The van der Waals surface area contributed by atoms with Crippen molar-refractivity contribution >= 4 is 0 Å². The first-order valence-corrected chi connectivity index (χ1v) is 5.08. The maximum absolute atomic E-state index is 5.02. The summed E-state index contributed by atoms with van der Waals surface area (Å²) in [5.41, 5.74) is 0. The van der Waals surface area contributed by atoms with Crippen LogP contribution in [0.4, 0.5) is 0 Å². The summed E-state index contributed by atoms with van der Waals surface area (Å²) in [6.45, 7) is 3.32. The Labute approximate surface area is 161 Å². The summed E-state index contributed by atoms with van der Waals surface area (Å²) < 4.78 is 20.0. The Hall–Kier alpha value is 2.00. The molecule has 0 aromatic carbocycles. The number of hydrogen-bond acceptors (Lipinski definition) is 4. The van der Waals surface area contributed by atoms with Crippen molar-refractivity contribution in [1.82, 2.24) is 0 Å². The number of rotatable bonds is 2. The van der Waals surface area contributed by atoms with Crippen LogP contribution >= 0.6 is 0 Å². The number of methoxy groups -OCH3 is 2. The van der Waals surface area contributed by atoms with Gasteiger partial charge in [0.05, 0.1) is 25.4 Å². The third-order valence-electron chi connectivity index (χ3n) is 2.44. The van der Waals surface area contributed by atoms with Crippen LogP contribution in [0.3, 0.4) is 0 Å². The van der Waals surface area contributed by atoms with Crippen LogP contribution in [0.25, 0.3) is 0 Å². The van der Waals surface area contributed by atoms with Crippen LogP contribution in [0, 0.1) is 46.0 Å². The average Bonchev–Trinajstić information content (AvgIpc) is 2.92. The van der Waals surface area contributed by atoms with Gasteiger partial charge in [-0.3, -0.25) is 0 Å². The van der Waals surface area contributed by atoms with Crippen LogP contribution in [0.1, 0.15) is 12.8 Å². The van der Waals surface area contributed by atoms with Crippen LogP contribution in [-0.2, 0) is 51.7 Å². The van der Waals surface area contributed by atoms with Gasteiger partial charge in [0, 0.05) is 91.3 Å². The van der Waals surface area contributed by atoms with E-state index in [1.165, 1.54) is 0 Å². The average molecular weight is 561 g/mol. The van der Waals surface area contributed by atoms with Gasteiger partial charge in [0.25, 0.3) is 0 Å². The van der Waals surface area contributed by atoms with Crippen LogP contribution in [0.15, 0.2) is 0 Å². The first kappa shape index (κ1) is 28.2. The van der Waals surface area contributed by atoms with E-state index >= 15 is 0 Å². The van der Waals surface area contributed by atoms with Crippen molar-refractivity contribution in [3.05, 3.63) is 14.9 Å². The van der Waals surface area contributed by atoms with Gasteiger partial charge >= 0.3 is 0 Å². The minimum atomic E-state index is 0. The van der Waals surface area contributed by atoms with E-state index < -0.39 is 0 Å². The molecule has 0 unspecified atom stereocenters. The zero-order valence-electron chi connectivity index (χ0n) is 12.1. The van der Waals surface area contributed by atoms with Crippen molar-refractivity contribution in [1.29, 1.82) is 0 Å². The van der Waals surface area contributed by atoms with Crippen molar-refractivity contribution in [2.24, 2.45) is 0 Å². The molecule has 0 bridgehead atoms. The minimum absolute atomic E-state index is 0. The summed E-state index contributed by atoms with van der Waals surface area (Å²) in [4.78, 5) is 0. The predicted molar refractivity (Wildman–Crippen MR) is 65.3 cm³/mol. The second-order valence-corrected chi connectivity index (χ2v) is 3.44. The fraction of sp³-hybridized carbons (Fsp3) is 0.833. The van der Waals surface area contributed by atoms with Gasteiger partial charge < -0.3 is 33.8 Å². The van der Waals surface area contributed by atoms with E-state index in [2.05, 4.69) is 0 Å². The largest absolute Gasteiger partial charge is 0.379 e. The van der Waals surface area contributed by atoms with Gasteiger partial charge in [-0.2, -0.15) is 0 Å². The van der Waals surface area contributed by atoms with Gasteiger partial charge in [-0.15, -0.1) is 0 Å². The van der Waals surface area contributed by atoms with Crippen molar-refractivity contribution in [3.8, 4) is 0 Å². The van der Waals surface area contributed by atoms with E-state index in [1.54, 1.807) is 14.2 Å². The zero-order chi connectivity index (χ0) is 10.2. The van der Waals surface area contributed by atoms with Crippen molar-refractivity contribution in [3.63, 3.8) is 0 Å². The van der Waals surface area contributed by atoms with Crippen molar-refractivity contribution in [2.45, 2.75) is 25.0 Å². The summed E-state index contributed by atoms with van der Waals surface area (Å²) in [6, 6.07) is 0. The molecule has 2 atom stereocenters. The van der Waals surface area contributed by atoms with Crippen LogP contribution in [0.5, 0.6) is 0 Å². The predicted octanol–water partition coefficient (Wildman–Crippen LogP) is 1.74. The molecule has 2 fully saturated rings. The first-order valence-electron chi connectivity index (χ1n) is 5.08. The SMILES string of the molecule is CO[C@@H]1CCOC1.CO[C@H]1CCOC1.[CH3-].[CH3-].[U].[Y]. The molecule has 2 saturated heterocycles. The number of ether oxygens (including phenoxy) is 4. The number of hydrogen-bond donors (Lipinski definition) is 0. The summed E-state index contributed by atoms with van der Waals surface area (Å²) in [7, 11) is 3.44. The summed E-state index contributed by atoms with van der Waals surface area (Å²) in [6.07, 6.45) is 2.88. The van der Waals surface area contributed by atoms with Crippen LogP contribution in [0.2, 0.25) is 0 Å². The molecular weight excluding hydrogens is 535 g/mol. The molecule has 0 spiro atoms. The molecule has 2 rings (SSSR count). The van der Waals surface area contributed by atoms with Crippen molar-refractivity contribution in [2.75, 3.05) is 40.6 Å². The van der Waals surface area contributed by atoms with Gasteiger partial charge in [0.1, 0.15) is 0 Å². The molecule has 0 aromatic heterocycles. The summed E-state index contributed by atoms with van der Waals surface area (Å²) in [5, 5.41) is 0. The maximum Gasteiger partial charge on any atom is 0.0826 e. The summed E-state index contributed by atoms with van der Waals surface area (Å²) in [5.74, 6) is 0. The summed E-state index contributed by atoms with van der Waals surface area (Å²) >= 11 is 0. The van der Waals surface area contributed by atoms with Crippen LogP contribution in [-0.4, -0.2) is 52.9 Å². The van der Waals surface area contributed by atoms with E-state index in [1.807, 2.05) is 0 Å². The third-order valence-corrected chi connectivity index (χ3v) is 2.44. The van der Waals surface area contributed by atoms with E-state index in [-0.39, 0.29) is 78.7 Å². The second-order valence-electron chi connectivity index (χ2n) is 3.44. The molecule has 2 aliphatic heterocycles. The fourth-order valence-corrected chi connectivity index (χ4v) is 1.40. The Kier molecular flexibility index (Phi) is 29.8. The molecule has 18 heavy (non-hydrogen) atoms. The molecule has 0 amide bonds. The van der Waals surface area contributed by atoms with Gasteiger partial charge in [-0.25, -0.2) is 0 Å². The van der Waals surface area contributed by atoms with E-state index in [9.17, 15) is 0 Å². The molecule has 0 saturated carbocycles. The minimum Gasteiger partial charge on any atom is -0.379 e. The Morgan fingerprint density at radius 3 is 1.28 bits per heavy atom. The van der Waals surface area contributed by atoms with E-state index in [4.69, 9.17) is 18.9 Å². The second kappa shape index (κ2) is 19.0. The van der Waals surface area contributed by atoms with Crippen LogP contribution < -0.4 is 0 Å². The monoisotopic (exact) mass is 561 g/mol. The Bertz CT molecular complexity index is 124. The Morgan fingerprint density at radius 1 is 0.833 bits per heavy atom. The molecule has 2 heterocycles. The van der Waals surface area contributed by atoms with Crippen molar-refractivity contribution < 1.29 is 82.8 Å². The molecule has 2 aliphatic rings. The first-order chi connectivity index (χ1) is 6.86. The normalized spacial score (nSPS) is 24.3. The topological polar surface area (TPSA) is 36.9 Å². The molecule has 4 nitrogen and oxygen atoms in total. The zero-order valence-corrected chi connectivity index (χ0v) is 19.1. The van der Waals surface area contributed by atoms with Gasteiger partial charge in [-0.05, 0) is 12.8 Å². The Balaban J connectivity index is -0.0000000891. The molecule has 0 aromatic rings. The van der Waals surface area contributed by atoms with Gasteiger partial charge in [0.15, 0.2) is 0 Å². The quantitative estimate of drug-likeness (QED) is 0.482. The standard InChI is InChI=1S/2C5H10O2.2CH3.U.Y/c2*1-6-5-2-3-7-4-5;;;;/h2*5H,2-4H2,1H3;2*1H3;;/q;;2*-1;;/t2*5-;;;;/m10..../s1. The third kappa shape index (κ3) is 13.0.